The molecule has 152 valence electrons. The van der Waals surface area contributed by atoms with Crippen LogP contribution in [0.4, 0.5) is 0 Å². The molecule has 2 aromatic carbocycles. The molecule has 2 fully saturated rings. The Morgan fingerprint density at radius 1 is 0.857 bits per heavy atom. The van der Waals surface area contributed by atoms with Crippen molar-refractivity contribution in [3.8, 4) is 0 Å². The second-order valence-electron chi connectivity index (χ2n) is 8.93. The van der Waals surface area contributed by atoms with Crippen molar-refractivity contribution in [2.24, 2.45) is 5.92 Å². The molecule has 0 saturated carbocycles. The Balaban J connectivity index is 0.00000225. The molecule has 1 unspecified atom stereocenters. The Labute approximate surface area is 195 Å². The Kier molecular flexibility index (Phi) is 6.73. The lowest BCUT2D eigenvalue weighted by Gasteiger charge is -2.46. The van der Waals surface area contributed by atoms with E-state index in [1.165, 1.54) is 25.7 Å². The van der Waals surface area contributed by atoms with Crippen LogP contribution in [0.15, 0.2) is 48.5 Å². The summed E-state index contributed by atoms with van der Waals surface area (Å²) in [4.78, 5) is 0. The van der Waals surface area contributed by atoms with Gasteiger partial charge in [-0.15, -0.1) is 0 Å². The minimum Gasteiger partial charge on any atom is -1.00 e. The molecule has 28 heavy (non-hydrogen) atoms. The largest absolute Gasteiger partial charge is 1.00 e. The highest BCUT2D eigenvalue weighted by atomic mass is 127. The lowest BCUT2D eigenvalue weighted by Crippen LogP contribution is -3.00. The maximum Gasteiger partial charge on any atom is 0.115 e. The molecule has 0 spiro atoms. The Morgan fingerprint density at radius 3 is 1.64 bits per heavy atom. The van der Waals surface area contributed by atoms with E-state index in [0.29, 0.717) is 28.0 Å². The molecule has 5 heteroatoms. The van der Waals surface area contributed by atoms with E-state index in [2.05, 4.69) is 14.1 Å². The Morgan fingerprint density at radius 2 is 1.25 bits per heavy atom. The quantitative estimate of drug-likeness (QED) is 0.475. The van der Waals surface area contributed by atoms with Gasteiger partial charge in [0.15, 0.2) is 0 Å². The van der Waals surface area contributed by atoms with E-state index in [4.69, 9.17) is 23.2 Å². The van der Waals surface area contributed by atoms with E-state index < -0.39 is 5.60 Å². The van der Waals surface area contributed by atoms with Gasteiger partial charge in [0, 0.05) is 35.7 Å². The van der Waals surface area contributed by atoms with Crippen LogP contribution in [0.5, 0.6) is 0 Å². The van der Waals surface area contributed by atoms with Crippen molar-refractivity contribution in [3.05, 3.63) is 69.7 Å². The topological polar surface area (TPSA) is 20.2 Å². The van der Waals surface area contributed by atoms with Crippen LogP contribution in [-0.2, 0) is 5.60 Å². The van der Waals surface area contributed by atoms with Gasteiger partial charge in [-0.25, -0.2) is 0 Å². The standard InChI is InChI=1S/C23H28Cl2NO.HI/c1-26(2)21-11-12-22(26)14-16(13-21)15-23(27,17-3-7-19(24)8-4-17)18-5-9-20(25)10-6-18;/h3-10,16,21-22,27H,11-15H2,1-2H3;1H/q+1;/p-1/t16?,21-,22+;. The lowest BCUT2D eigenvalue weighted by atomic mass is 9.75. The average Bonchev–Trinajstić information content (AvgIpc) is 2.80. The Bertz CT molecular complexity index is 745. The fourth-order valence-corrected chi connectivity index (χ4v) is 5.68. The first-order valence-electron chi connectivity index (χ1n) is 9.87. The molecule has 0 radical (unpaired) electrons. The second kappa shape index (κ2) is 8.43. The maximum atomic E-state index is 11.9. The van der Waals surface area contributed by atoms with Crippen molar-refractivity contribution in [1.29, 1.82) is 0 Å². The summed E-state index contributed by atoms with van der Waals surface area (Å²) < 4.78 is 1.15. The normalized spacial score (nSPS) is 26.0. The molecule has 2 aliphatic rings. The summed E-state index contributed by atoms with van der Waals surface area (Å²) in [5, 5.41) is 13.3. The van der Waals surface area contributed by atoms with Gasteiger partial charge in [0.25, 0.3) is 0 Å². The van der Waals surface area contributed by atoms with E-state index in [1.54, 1.807) is 0 Å². The number of fused-ring (bicyclic) bond motifs is 2. The average molecular weight is 532 g/mol. The van der Waals surface area contributed by atoms with Gasteiger partial charge in [-0.05, 0) is 47.7 Å². The highest BCUT2D eigenvalue weighted by Crippen LogP contribution is 2.47. The molecule has 2 aliphatic heterocycles. The van der Waals surface area contributed by atoms with Crippen molar-refractivity contribution >= 4 is 23.2 Å². The van der Waals surface area contributed by atoms with Crippen LogP contribution >= 0.6 is 23.2 Å². The van der Waals surface area contributed by atoms with Gasteiger partial charge in [0.1, 0.15) is 5.60 Å². The van der Waals surface area contributed by atoms with E-state index >= 15 is 0 Å². The van der Waals surface area contributed by atoms with Crippen LogP contribution in [0.1, 0.15) is 43.2 Å². The van der Waals surface area contributed by atoms with Crippen molar-refractivity contribution < 1.29 is 33.6 Å². The number of hydrogen-bond acceptors (Lipinski definition) is 1. The minimum atomic E-state index is -1.02. The third-order valence-corrected chi connectivity index (χ3v) is 7.66. The first-order valence-corrected chi connectivity index (χ1v) is 10.6. The fourth-order valence-electron chi connectivity index (χ4n) is 5.43. The van der Waals surface area contributed by atoms with E-state index in [0.717, 1.165) is 22.0 Å². The van der Waals surface area contributed by atoms with Gasteiger partial charge in [-0.3, -0.25) is 0 Å². The molecular weight excluding hydrogens is 504 g/mol. The van der Waals surface area contributed by atoms with Crippen molar-refractivity contribution in [2.45, 2.75) is 49.8 Å². The first kappa shape index (κ1) is 22.4. The third kappa shape index (κ3) is 4.11. The van der Waals surface area contributed by atoms with Gasteiger partial charge in [0.2, 0.25) is 0 Å². The van der Waals surface area contributed by atoms with Gasteiger partial charge >= 0.3 is 0 Å². The molecule has 1 N–H and O–H groups in total. The minimum absolute atomic E-state index is 0. The van der Waals surface area contributed by atoms with Gasteiger partial charge in [-0.1, -0.05) is 47.5 Å². The SMILES string of the molecule is C[N+]1(C)[C@@H]2CC[C@H]1CC(CC(O)(c1ccc(Cl)cc1)c1ccc(Cl)cc1)C2.[I-]. The number of nitrogens with zero attached hydrogens (tertiary/aromatic N) is 1. The van der Waals surface area contributed by atoms with Crippen LogP contribution in [0.3, 0.4) is 0 Å². The van der Waals surface area contributed by atoms with Crippen LogP contribution < -0.4 is 24.0 Å². The lowest BCUT2D eigenvalue weighted by molar-refractivity contribution is -0.931. The molecule has 2 bridgehead atoms. The van der Waals surface area contributed by atoms with Crippen molar-refractivity contribution in [3.63, 3.8) is 0 Å². The molecule has 0 amide bonds. The molecule has 4 rings (SSSR count). The number of hydrogen-bond donors (Lipinski definition) is 1. The summed E-state index contributed by atoms with van der Waals surface area (Å²) in [7, 11) is 4.76. The van der Waals surface area contributed by atoms with E-state index in [9.17, 15) is 5.11 Å². The van der Waals surface area contributed by atoms with Crippen LogP contribution in [0.2, 0.25) is 10.0 Å². The smallest absolute Gasteiger partial charge is 0.115 e. The summed E-state index contributed by atoms with van der Waals surface area (Å²) >= 11 is 12.2. The molecule has 2 heterocycles. The zero-order valence-electron chi connectivity index (χ0n) is 16.4. The number of aliphatic hydroxyl groups is 1. The molecule has 2 saturated heterocycles. The zero-order valence-corrected chi connectivity index (χ0v) is 20.1. The highest BCUT2D eigenvalue weighted by molar-refractivity contribution is 6.30. The zero-order chi connectivity index (χ0) is 19.2. The Hall–Kier alpha value is -0.330. The highest BCUT2D eigenvalue weighted by Gasteiger charge is 2.50. The summed E-state index contributed by atoms with van der Waals surface area (Å²) in [5.41, 5.74) is 0.787. The first-order chi connectivity index (χ1) is 12.8. The predicted octanol–water partition coefficient (Wildman–Crippen LogP) is 2.64. The fraction of sp³-hybridized carbons (Fsp3) is 0.478. The third-order valence-electron chi connectivity index (χ3n) is 7.15. The van der Waals surface area contributed by atoms with Gasteiger partial charge in [-0.2, -0.15) is 0 Å². The van der Waals surface area contributed by atoms with E-state index in [-0.39, 0.29) is 24.0 Å². The second-order valence-corrected chi connectivity index (χ2v) is 9.80. The summed E-state index contributed by atoms with van der Waals surface area (Å²) in [6.45, 7) is 0. The number of benzene rings is 2. The monoisotopic (exact) mass is 531 g/mol. The summed E-state index contributed by atoms with van der Waals surface area (Å²) in [5.74, 6) is 0.519. The number of piperidine rings is 1. The molecule has 3 atom stereocenters. The maximum absolute atomic E-state index is 11.9. The summed E-state index contributed by atoms with van der Waals surface area (Å²) in [6, 6.07) is 16.7. The van der Waals surface area contributed by atoms with E-state index in [1.807, 2.05) is 48.5 Å². The molecule has 0 aromatic heterocycles. The predicted molar refractivity (Wildman–Crippen MR) is 112 cm³/mol. The number of quaternary nitrogens is 1. The molecule has 2 nitrogen and oxygen atoms in total. The van der Waals surface area contributed by atoms with Crippen LogP contribution in [-0.4, -0.2) is 35.8 Å². The number of rotatable bonds is 4. The van der Waals surface area contributed by atoms with Crippen molar-refractivity contribution in [1.82, 2.24) is 0 Å². The van der Waals surface area contributed by atoms with Crippen LogP contribution in [0, 0.1) is 5.92 Å². The van der Waals surface area contributed by atoms with Crippen LogP contribution in [0.25, 0.3) is 0 Å². The number of halogens is 3. The molecule has 0 aliphatic carbocycles. The summed E-state index contributed by atoms with van der Waals surface area (Å²) in [6.07, 6.45) is 5.74. The van der Waals surface area contributed by atoms with Crippen molar-refractivity contribution in [2.75, 3.05) is 14.1 Å². The van der Waals surface area contributed by atoms with Gasteiger partial charge < -0.3 is 33.6 Å². The molecular formula is C23H28Cl2INO. The van der Waals surface area contributed by atoms with Gasteiger partial charge in [0.05, 0.1) is 26.2 Å². The molecule has 2 aromatic rings.